The molecule has 5 nitrogen and oxygen atoms in total. The van der Waals surface area contributed by atoms with Crippen LogP contribution in [0.25, 0.3) is 17.5 Å². The van der Waals surface area contributed by atoms with Crippen LogP contribution in [0.2, 0.25) is 0 Å². The maximum absolute atomic E-state index is 12.7. The van der Waals surface area contributed by atoms with Gasteiger partial charge in [-0.1, -0.05) is 12.1 Å². The lowest BCUT2D eigenvalue weighted by Crippen LogP contribution is -2.18. The van der Waals surface area contributed by atoms with Gasteiger partial charge in [0.05, 0.1) is 17.2 Å². The van der Waals surface area contributed by atoms with Crippen molar-refractivity contribution in [1.82, 2.24) is 4.98 Å². The van der Waals surface area contributed by atoms with Crippen molar-refractivity contribution >= 4 is 12.0 Å². The molecule has 0 aliphatic carbocycles. The Morgan fingerprint density at radius 1 is 1.17 bits per heavy atom. The number of hydrogen-bond donors (Lipinski definition) is 0. The number of carbonyl (C=O) groups excluding carboxylic acids is 1. The van der Waals surface area contributed by atoms with E-state index in [1.165, 1.54) is 18.2 Å². The minimum absolute atomic E-state index is 0.0765. The normalized spacial score (nSPS) is 11.8. The SMILES string of the molecule is Cc1cc(OCc2oc(-c3ccc(C(F)(F)F)cc3)nc2C)ccc1/C=C/C(=O)[O-]. The van der Waals surface area contributed by atoms with Gasteiger partial charge in [0, 0.05) is 5.56 Å². The molecule has 0 radical (unpaired) electrons. The molecule has 0 saturated heterocycles. The summed E-state index contributed by atoms with van der Waals surface area (Å²) in [5.41, 5.74) is 1.77. The largest absolute Gasteiger partial charge is 0.545 e. The van der Waals surface area contributed by atoms with Gasteiger partial charge in [-0.15, -0.1) is 0 Å². The van der Waals surface area contributed by atoms with Gasteiger partial charge in [-0.3, -0.25) is 0 Å². The van der Waals surface area contributed by atoms with E-state index in [0.717, 1.165) is 23.8 Å². The summed E-state index contributed by atoms with van der Waals surface area (Å²) in [6.45, 7) is 3.60. The van der Waals surface area contributed by atoms with Crippen molar-refractivity contribution in [3.8, 4) is 17.2 Å². The van der Waals surface area contributed by atoms with Gasteiger partial charge in [0.2, 0.25) is 5.89 Å². The van der Waals surface area contributed by atoms with Crippen LogP contribution in [-0.4, -0.2) is 11.0 Å². The summed E-state index contributed by atoms with van der Waals surface area (Å²) in [5.74, 6) is -0.0772. The molecule has 2 aromatic carbocycles. The van der Waals surface area contributed by atoms with E-state index in [9.17, 15) is 23.1 Å². The van der Waals surface area contributed by atoms with Crippen LogP contribution in [0.15, 0.2) is 53.0 Å². The average Bonchev–Trinajstić information content (AvgIpc) is 3.05. The van der Waals surface area contributed by atoms with E-state index in [0.29, 0.717) is 28.3 Å². The molecule has 0 amide bonds. The van der Waals surface area contributed by atoms with Crippen molar-refractivity contribution in [3.63, 3.8) is 0 Å². The van der Waals surface area contributed by atoms with Crippen molar-refractivity contribution in [2.24, 2.45) is 0 Å². The van der Waals surface area contributed by atoms with E-state index >= 15 is 0 Å². The second kappa shape index (κ2) is 8.44. The molecule has 0 saturated carbocycles. The number of hydrogen-bond acceptors (Lipinski definition) is 5. The fraction of sp³-hybridized carbons (Fsp3) is 0.182. The third-order valence-corrected chi connectivity index (χ3v) is 4.36. The summed E-state index contributed by atoms with van der Waals surface area (Å²) in [6.07, 6.45) is -2.02. The Hall–Kier alpha value is -3.55. The number of alkyl halides is 3. The molecule has 156 valence electrons. The van der Waals surface area contributed by atoms with E-state index < -0.39 is 17.7 Å². The summed E-state index contributed by atoms with van der Waals surface area (Å²) in [6, 6.07) is 9.71. The number of carbonyl (C=O) groups is 1. The Kier molecular flexibility index (Phi) is 5.96. The summed E-state index contributed by atoms with van der Waals surface area (Å²) in [5, 5.41) is 10.5. The van der Waals surface area contributed by atoms with Gasteiger partial charge in [-0.25, -0.2) is 4.98 Å². The van der Waals surface area contributed by atoms with Gasteiger partial charge < -0.3 is 19.1 Å². The van der Waals surface area contributed by atoms with Crippen LogP contribution in [0.1, 0.15) is 28.1 Å². The molecule has 30 heavy (non-hydrogen) atoms. The maximum atomic E-state index is 12.7. The highest BCUT2D eigenvalue weighted by Gasteiger charge is 2.30. The first-order valence-corrected chi connectivity index (χ1v) is 8.90. The molecule has 3 aromatic rings. The summed E-state index contributed by atoms with van der Waals surface area (Å²) in [7, 11) is 0. The highest BCUT2D eigenvalue weighted by molar-refractivity contribution is 5.83. The molecule has 1 heterocycles. The predicted molar refractivity (Wildman–Crippen MR) is 101 cm³/mol. The standard InChI is InChI=1S/C22H18F3NO4/c1-13-11-18(9-5-15(13)6-10-20(27)28)29-12-19-14(2)26-21(30-19)16-3-7-17(8-4-16)22(23,24)25/h3-11H,12H2,1-2H3,(H,27,28)/p-1/b10-6+. The van der Waals surface area contributed by atoms with Crippen LogP contribution in [0.4, 0.5) is 13.2 Å². The van der Waals surface area contributed by atoms with Crippen LogP contribution in [-0.2, 0) is 17.6 Å². The van der Waals surface area contributed by atoms with Crippen molar-refractivity contribution in [3.05, 3.63) is 76.7 Å². The monoisotopic (exact) mass is 416 g/mol. The smallest absolute Gasteiger partial charge is 0.416 e. The van der Waals surface area contributed by atoms with E-state index in [4.69, 9.17) is 9.15 Å². The zero-order valence-corrected chi connectivity index (χ0v) is 16.1. The summed E-state index contributed by atoms with van der Waals surface area (Å²) < 4.78 is 49.5. The lowest BCUT2D eigenvalue weighted by molar-refractivity contribution is -0.297. The number of aliphatic carboxylic acids is 1. The Labute approximate surface area is 170 Å². The van der Waals surface area contributed by atoms with Crippen LogP contribution >= 0.6 is 0 Å². The van der Waals surface area contributed by atoms with Crippen molar-refractivity contribution < 1.29 is 32.2 Å². The predicted octanol–water partition coefficient (Wildman–Crippen LogP) is 4.32. The first-order valence-electron chi connectivity index (χ1n) is 8.90. The van der Waals surface area contributed by atoms with Crippen molar-refractivity contribution in [2.45, 2.75) is 26.6 Å². The van der Waals surface area contributed by atoms with Crippen LogP contribution in [0.3, 0.4) is 0 Å². The number of ether oxygens (including phenoxy) is 1. The molecule has 0 aliphatic rings. The van der Waals surface area contributed by atoms with E-state index in [-0.39, 0.29) is 12.5 Å². The number of carboxylic acid groups (broad SMARTS) is 1. The minimum Gasteiger partial charge on any atom is -0.545 e. The molecule has 0 atom stereocenters. The Bertz CT molecular complexity index is 1080. The van der Waals surface area contributed by atoms with Crippen LogP contribution in [0, 0.1) is 13.8 Å². The third-order valence-electron chi connectivity index (χ3n) is 4.36. The number of halogens is 3. The zero-order chi connectivity index (χ0) is 21.9. The maximum Gasteiger partial charge on any atom is 0.416 e. The molecule has 0 aliphatic heterocycles. The van der Waals surface area contributed by atoms with Gasteiger partial charge in [0.25, 0.3) is 0 Å². The number of aromatic nitrogens is 1. The molecule has 0 N–H and O–H groups in total. The summed E-state index contributed by atoms with van der Waals surface area (Å²) in [4.78, 5) is 14.8. The van der Waals surface area contributed by atoms with Gasteiger partial charge in [-0.2, -0.15) is 13.2 Å². The zero-order valence-electron chi connectivity index (χ0n) is 16.1. The number of oxazole rings is 1. The third kappa shape index (κ3) is 5.08. The van der Waals surface area contributed by atoms with Crippen LogP contribution in [0.5, 0.6) is 5.75 Å². The Morgan fingerprint density at radius 3 is 2.47 bits per heavy atom. The Balaban J connectivity index is 1.71. The number of rotatable bonds is 6. The second-order valence-corrected chi connectivity index (χ2v) is 6.56. The fourth-order valence-electron chi connectivity index (χ4n) is 2.72. The van der Waals surface area contributed by atoms with E-state index in [2.05, 4.69) is 4.98 Å². The molecule has 0 bridgehead atoms. The molecule has 0 fully saturated rings. The lowest BCUT2D eigenvalue weighted by atomic mass is 10.1. The minimum atomic E-state index is -4.40. The molecule has 0 spiro atoms. The Morgan fingerprint density at radius 2 is 1.87 bits per heavy atom. The van der Waals surface area contributed by atoms with Gasteiger partial charge in [0.15, 0.2) is 5.76 Å². The molecule has 8 heteroatoms. The first kappa shape index (κ1) is 21.2. The number of aryl methyl sites for hydroxylation is 2. The number of benzene rings is 2. The summed E-state index contributed by atoms with van der Waals surface area (Å²) >= 11 is 0. The van der Waals surface area contributed by atoms with Gasteiger partial charge in [0.1, 0.15) is 12.4 Å². The highest BCUT2D eigenvalue weighted by Crippen LogP contribution is 2.31. The van der Waals surface area contributed by atoms with E-state index in [1.54, 1.807) is 25.1 Å². The van der Waals surface area contributed by atoms with Crippen molar-refractivity contribution in [2.75, 3.05) is 0 Å². The molecular weight excluding hydrogens is 399 g/mol. The average molecular weight is 416 g/mol. The van der Waals surface area contributed by atoms with Crippen molar-refractivity contribution in [1.29, 1.82) is 0 Å². The molecule has 0 unspecified atom stereocenters. The quantitative estimate of drug-likeness (QED) is 0.560. The molecular formula is C22H17F3NO4-. The van der Waals surface area contributed by atoms with Crippen LogP contribution < -0.4 is 9.84 Å². The highest BCUT2D eigenvalue weighted by atomic mass is 19.4. The topological polar surface area (TPSA) is 75.4 Å². The van der Waals surface area contributed by atoms with Gasteiger partial charge in [-0.05, 0) is 67.4 Å². The van der Waals surface area contributed by atoms with Gasteiger partial charge >= 0.3 is 6.18 Å². The number of nitrogens with zero attached hydrogens (tertiary/aromatic N) is 1. The number of carboxylic acids is 1. The lowest BCUT2D eigenvalue weighted by Gasteiger charge is -2.08. The molecule has 3 rings (SSSR count). The fourth-order valence-corrected chi connectivity index (χ4v) is 2.72. The second-order valence-electron chi connectivity index (χ2n) is 6.56. The van der Waals surface area contributed by atoms with E-state index in [1.807, 2.05) is 6.92 Å². The first-order chi connectivity index (χ1) is 14.1. The molecule has 1 aromatic heterocycles.